The van der Waals surface area contributed by atoms with Crippen molar-refractivity contribution >= 4 is 39.0 Å². The van der Waals surface area contributed by atoms with Crippen molar-refractivity contribution in [1.82, 2.24) is 14.5 Å². The van der Waals surface area contributed by atoms with Gasteiger partial charge in [-0.1, -0.05) is 32.0 Å². The van der Waals surface area contributed by atoms with Crippen molar-refractivity contribution in [2.45, 2.75) is 36.6 Å². The quantitative estimate of drug-likeness (QED) is 0.561. The van der Waals surface area contributed by atoms with Crippen LogP contribution >= 0.6 is 11.3 Å². The third-order valence-electron chi connectivity index (χ3n) is 5.17. The first-order valence-electron chi connectivity index (χ1n) is 10.5. The fourth-order valence-corrected chi connectivity index (χ4v) is 6.20. The first kappa shape index (κ1) is 24.2. The highest BCUT2D eigenvalue weighted by Gasteiger charge is 2.44. The molecule has 2 heterocycles. The summed E-state index contributed by atoms with van der Waals surface area (Å²) in [4.78, 5) is 27.4. The number of nitrogens with zero attached hydrogens (tertiary/aromatic N) is 2. The summed E-state index contributed by atoms with van der Waals surface area (Å²) in [5.74, 6) is -0.228. The fraction of sp³-hybridized carbons (Fsp3) is 0.429. The van der Waals surface area contributed by atoms with E-state index < -0.39 is 28.1 Å². The van der Waals surface area contributed by atoms with Crippen molar-refractivity contribution in [3.63, 3.8) is 0 Å². The first-order valence-corrected chi connectivity index (χ1v) is 12.8. The largest absolute Gasteiger partial charge is 0.352 e. The van der Waals surface area contributed by atoms with Crippen molar-refractivity contribution in [3.05, 3.63) is 47.3 Å². The average molecular weight is 480 g/mol. The number of amides is 3. The number of rotatable bonds is 7. The van der Waals surface area contributed by atoms with Gasteiger partial charge in [0.15, 0.2) is 6.17 Å². The minimum absolute atomic E-state index is 0.126. The SMILES string of the molecule is CC(C)c1ccc(NC(=O)N2CCCN(S(=O)(=O)c3cccs3)C2C(=O)NCCN)cc1. The monoisotopic (exact) mass is 479 g/mol. The van der Waals surface area contributed by atoms with E-state index in [0.717, 1.165) is 21.2 Å². The minimum Gasteiger partial charge on any atom is -0.352 e. The maximum Gasteiger partial charge on any atom is 0.323 e. The molecule has 9 nitrogen and oxygen atoms in total. The van der Waals surface area contributed by atoms with Crippen molar-refractivity contribution in [2.24, 2.45) is 5.73 Å². The highest BCUT2D eigenvalue weighted by atomic mass is 32.2. The minimum atomic E-state index is -3.95. The number of carbonyl (C=O) groups excluding carboxylic acids is 2. The van der Waals surface area contributed by atoms with Crippen LogP contribution in [0.4, 0.5) is 10.5 Å². The summed E-state index contributed by atoms with van der Waals surface area (Å²) in [6.45, 7) is 4.91. The summed E-state index contributed by atoms with van der Waals surface area (Å²) in [5.41, 5.74) is 7.20. The predicted molar refractivity (Wildman–Crippen MR) is 125 cm³/mol. The summed E-state index contributed by atoms with van der Waals surface area (Å²) in [5, 5.41) is 7.08. The van der Waals surface area contributed by atoms with Crippen molar-refractivity contribution in [1.29, 1.82) is 0 Å². The first-order chi connectivity index (χ1) is 15.3. The van der Waals surface area contributed by atoms with Gasteiger partial charge in [0.2, 0.25) is 0 Å². The van der Waals surface area contributed by atoms with Crippen molar-refractivity contribution in [3.8, 4) is 0 Å². The van der Waals surface area contributed by atoms with Crippen molar-refractivity contribution < 1.29 is 18.0 Å². The number of nitrogens with two attached hydrogens (primary N) is 1. The molecule has 3 rings (SSSR count). The number of thiophene rings is 1. The standard InChI is InChI=1S/C21H29N5O4S2/c1-15(2)16-6-8-17(9-7-16)24-21(28)25-12-4-13-26(20(25)19(27)23-11-10-22)32(29,30)18-5-3-14-31-18/h3,5-9,14-15,20H,4,10-13,22H2,1-2H3,(H,23,27)(H,24,28). The van der Waals surface area contributed by atoms with Gasteiger partial charge in [-0.15, -0.1) is 11.3 Å². The Labute approximate surface area is 192 Å². The molecule has 1 unspecified atom stereocenters. The normalized spacial score (nSPS) is 17.4. The second-order valence-corrected chi connectivity index (χ2v) is 10.8. The second kappa shape index (κ2) is 10.4. The van der Waals surface area contributed by atoms with Crippen LogP contribution in [0.5, 0.6) is 0 Å². The molecular weight excluding hydrogens is 450 g/mol. The molecule has 4 N–H and O–H groups in total. The Bertz CT molecular complexity index is 1020. The zero-order chi connectivity index (χ0) is 23.3. The smallest absolute Gasteiger partial charge is 0.323 e. The van der Waals surface area contributed by atoms with Crippen LogP contribution < -0.4 is 16.4 Å². The van der Waals surface area contributed by atoms with Crippen LogP contribution in [0.25, 0.3) is 0 Å². The number of benzene rings is 1. The third kappa shape index (κ3) is 5.29. The molecule has 174 valence electrons. The molecule has 1 aromatic carbocycles. The van der Waals surface area contributed by atoms with Gasteiger partial charge in [0.05, 0.1) is 0 Å². The second-order valence-electron chi connectivity index (χ2n) is 7.76. The Morgan fingerprint density at radius 2 is 1.91 bits per heavy atom. The Hall–Kier alpha value is -2.47. The molecule has 2 aromatic rings. The molecule has 11 heteroatoms. The van der Waals surface area contributed by atoms with E-state index in [4.69, 9.17) is 5.73 Å². The van der Waals surface area contributed by atoms with E-state index in [2.05, 4.69) is 24.5 Å². The summed E-state index contributed by atoms with van der Waals surface area (Å²) in [7, 11) is -3.95. The van der Waals surface area contributed by atoms with Gasteiger partial charge in [0.1, 0.15) is 4.21 Å². The molecule has 0 saturated carbocycles. The topological polar surface area (TPSA) is 125 Å². The van der Waals surface area contributed by atoms with Crippen LogP contribution in [0, 0.1) is 0 Å². The van der Waals surface area contributed by atoms with E-state index in [0.29, 0.717) is 18.0 Å². The van der Waals surface area contributed by atoms with Gasteiger partial charge in [-0.2, -0.15) is 4.31 Å². The number of carbonyl (C=O) groups is 2. The lowest BCUT2D eigenvalue weighted by Gasteiger charge is -2.41. The number of nitrogens with one attached hydrogen (secondary N) is 2. The summed E-state index contributed by atoms with van der Waals surface area (Å²) in [6.07, 6.45) is -0.900. The van der Waals surface area contributed by atoms with Crippen LogP contribution in [0.2, 0.25) is 0 Å². The molecule has 3 amide bonds. The van der Waals surface area contributed by atoms with Crippen LogP contribution in [-0.4, -0.2) is 61.9 Å². The van der Waals surface area contributed by atoms with Gasteiger partial charge in [0, 0.05) is 31.9 Å². The van der Waals surface area contributed by atoms with Crippen LogP contribution in [0.15, 0.2) is 46.0 Å². The molecule has 1 aliphatic heterocycles. The molecule has 1 aromatic heterocycles. The molecule has 0 aliphatic carbocycles. The highest BCUT2D eigenvalue weighted by Crippen LogP contribution is 2.27. The number of hydrogen-bond acceptors (Lipinski definition) is 6. The van der Waals surface area contributed by atoms with E-state index in [1.54, 1.807) is 23.6 Å². The molecule has 1 fully saturated rings. The van der Waals surface area contributed by atoms with Gasteiger partial charge in [0.25, 0.3) is 15.9 Å². The molecule has 0 radical (unpaired) electrons. The summed E-state index contributed by atoms with van der Waals surface area (Å²) < 4.78 is 27.7. The Kier molecular flexibility index (Phi) is 7.88. The predicted octanol–water partition coefficient (Wildman–Crippen LogP) is 2.20. The van der Waals surface area contributed by atoms with E-state index in [1.165, 1.54) is 11.0 Å². The van der Waals surface area contributed by atoms with Gasteiger partial charge in [-0.25, -0.2) is 13.2 Å². The van der Waals surface area contributed by atoms with Crippen LogP contribution in [-0.2, 0) is 14.8 Å². The van der Waals surface area contributed by atoms with Crippen molar-refractivity contribution in [2.75, 3.05) is 31.5 Å². The van der Waals surface area contributed by atoms with Crippen LogP contribution in [0.1, 0.15) is 31.7 Å². The summed E-state index contributed by atoms with van der Waals surface area (Å²) in [6, 6.07) is 10.0. The van der Waals surface area contributed by atoms with E-state index in [1.807, 2.05) is 12.1 Å². The maximum atomic E-state index is 13.2. The molecule has 1 aliphatic rings. The lowest BCUT2D eigenvalue weighted by atomic mass is 10.0. The van der Waals surface area contributed by atoms with E-state index in [-0.39, 0.29) is 30.4 Å². The van der Waals surface area contributed by atoms with Gasteiger partial charge in [-0.3, -0.25) is 9.69 Å². The number of urea groups is 1. The molecule has 32 heavy (non-hydrogen) atoms. The maximum absolute atomic E-state index is 13.2. The van der Waals surface area contributed by atoms with E-state index in [9.17, 15) is 18.0 Å². The molecule has 0 spiro atoms. The van der Waals surface area contributed by atoms with Gasteiger partial charge < -0.3 is 16.4 Å². The van der Waals surface area contributed by atoms with E-state index >= 15 is 0 Å². The number of anilines is 1. The lowest BCUT2D eigenvalue weighted by Crippen LogP contribution is -2.64. The molecular formula is C21H29N5O4S2. The Morgan fingerprint density at radius 1 is 1.19 bits per heavy atom. The fourth-order valence-electron chi connectivity index (χ4n) is 3.49. The summed E-state index contributed by atoms with van der Waals surface area (Å²) >= 11 is 1.07. The molecule has 1 saturated heterocycles. The van der Waals surface area contributed by atoms with Gasteiger partial charge in [-0.05, 0) is 41.5 Å². The zero-order valence-corrected chi connectivity index (χ0v) is 19.8. The molecule has 0 bridgehead atoms. The number of hydrogen-bond donors (Lipinski definition) is 3. The Morgan fingerprint density at radius 3 is 2.50 bits per heavy atom. The average Bonchev–Trinajstić information content (AvgIpc) is 3.33. The molecule has 1 atom stereocenters. The lowest BCUT2D eigenvalue weighted by molar-refractivity contribution is -0.130. The van der Waals surface area contributed by atoms with Crippen LogP contribution in [0.3, 0.4) is 0 Å². The number of sulfonamides is 1. The zero-order valence-electron chi connectivity index (χ0n) is 18.2. The third-order valence-corrected chi connectivity index (χ3v) is 8.40. The van der Waals surface area contributed by atoms with Gasteiger partial charge >= 0.3 is 6.03 Å². The highest BCUT2D eigenvalue weighted by molar-refractivity contribution is 7.91. The Balaban J connectivity index is 1.88.